The van der Waals surface area contributed by atoms with Crippen LogP contribution in [-0.2, 0) is 0 Å². The molecule has 0 aromatic carbocycles. The predicted molar refractivity (Wildman–Crippen MR) is 102 cm³/mol. The van der Waals surface area contributed by atoms with Crippen LogP contribution < -0.4 is 15.5 Å². The molecular formula is C19H30N6O. The lowest BCUT2D eigenvalue weighted by Gasteiger charge is -2.38. The first-order valence-electron chi connectivity index (χ1n) is 10.2. The van der Waals surface area contributed by atoms with E-state index in [-0.39, 0.29) is 6.03 Å². The van der Waals surface area contributed by atoms with Gasteiger partial charge in [0.15, 0.2) is 0 Å². The standard InChI is InChI=1S/C19H30N6O/c26-19(22-15-5-1-2-6-15)23-17-13-18(21-14-20-17)25-11-9-24(10-12-25)16-7-3-4-8-16/h13-16H,1-12H2,(H2,20,21,22,23,26). The summed E-state index contributed by atoms with van der Waals surface area (Å²) in [6, 6.07) is 2.83. The van der Waals surface area contributed by atoms with Crippen molar-refractivity contribution in [1.29, 1.82) is 0 Å². The number of anilines is 2. The molecule has 26 heavy (non-hydrogen) atoms. The number of carbonyl (C=O) groups excluding carboxylic acids is 1. The molecule has 0 atom stereocenters. The molecule has 1 aromatic rings. The summed E-state index contributed by atoms with van der Waals surface area (Å²) in [7, 11) is 0. The summed E-state index contributed by atoms with van der Waals surface area (Å²) in [6.45, 7) is 4.17. The molecule has 142 valence electrons. The van der Waals surface area contributed by atoms with Gasteiger partial charge in [-0.05, 0) is 25.7 Å². The molecule has 2 amide bonds. The summed E-state index contributed by atoms with van der Waals surface area (Å²) < 4.78 is 0. The van der Waals surface area contributed by atoms with E-state index >= 15 is 0 Å². The Hall–Kier alpha value is -1.89. The minimum atomic E-state index is -0.160. The van der Waals surface area contributed by atoms with Gasteiger partial charge in [-0.25, -0.2) is 14.8 Å². The molecular weight excluding hydrogens is 328 g/mol. The zero-order chi connectivity index (χ0) is 17.8. The van der Waals surface area contributed by atoms with Crippen molar-refractivity contribution >= 4 is 17.7 Å². The van der Waals surface area contributed by atoms with E-state index in [2.05, 4.69) is 30.4 Å². The third-order valence-electron chi connectivity index (χ3n) is 6.06. The first-order valence-corrected chi connectivity index (χ1v) is 10.2. The number of rotatable bonds is 4. The third-order valence-corrected chi connectivity index (χ3v) is 6.06. The molecule has 2 heterocycles. The lowest BCUT2D eigenvalue weighted by molar-refractivity contribution is 0.187. The number of urea groups is 1. The van der Waals surface area contributed by atoms with Crippen molar-refractivity contribution in [3.63, 3.8) is 0 Å². The van der Waals surface area contributed by atoms with Gasteiger partial charge < -0.3 is 10.2 Å². The minimum Gasteiger partial charge on any atom is -0.354 e. The van der Waals surface area contributed by atoms with Crippen molar-refractivity contribution in [2.75, 3.05) is 36.4 Å². The quantitative estimate of drug-likeness (QED) is 0.865. The molecule has 4 rings (SSSR count). The summed E-state index contributed by atoms with van der Waals surface area (Å²) in [4.78, 5) is 25.7. The fourth-order valence-electron chi connectivity index (χ4n) is 4.58. The van der Waals surface area contributed by atoms with Gasteiger partial charge >= 0.3 is 6.03 Å². The molecule has 2 N–H and O–H groups in total. The van der Waals surface area contributed by atoms with Crippen LogP contribution in [0.4, 0.5) is 16.4 Å². The molecule has 0 bridgehead atoms. The number of nitrogens with one attached hydrogen (secondary N) is 2. The summed E-state index contributed by atoms with van der Waals surface area (Å²) in [5, 5.41) is 5.90. The van der Waals surface area contributed by atoms with Crippen molar-refractivity contribution in [3.05, 3.63) is 12.4 Å². The maximum Gasteiger partial charge on any atom is 0.320 e. The van der Waals surface area contributed by atoms with Crippen LogP contribution in [0.5, 0.6) is 0 Å². The second-order valence-electron chi connectivity index (χ2n) is 7.80. The first kappa shape index (κ1) is 17.5. The smallest absolute Gasteiger partial charge is 0.320 e. The highest BCUT2D eigenvalue weighted by atomic mass is 16.2. The normalized spacial score (nSPS) is 22.7. The summed E-state index contributed by atoms with van der Waals surface area (Å²) in [5.74, 6) is 1.48. The Bertz CT molecular complexity index is 604. The van der Waals surface area contributed by atoms with Gasteiger partial charge in [0.1, 0.15) is 18.0 Å². The van der Waals surface area contributed by atoms with Crippen molar-refractivity contribution < 1.29 is 4.79 Å². The maximum atomic E-state index is 12.1. The molecule has 2 saturated carbocycles. The predicted octanol–water partition coefficient (Wildman–Crippen LogP) is 2.61. The minimum absolute atomic E-state index is 0.160. The van der Waals surface area contributed by atoms with E-state index in [9.17, 15) is 4.79 Å². The molecule has 1 saturated heterocycles. The van der Waals surface area contributed by atoms with Gasteiger partial charge in [0.05, 0.1) is 0 Å². The molecule has 7 heteroatoms. The SMILES string of the molecule is O=C(Nc1cc(N2CCN(C3CCCC3)CC2)ncn1)NC1CCCC1. The van der Waals surface area contributed by atoms with Crippen molar-refractivity contribution in [3.8, 4) is 0 Å². The maximum absolute atomic E-state index is 12.1. The first-order chi connectivity index (χ1) is 12.8. The van der Waals surface area contributed by atoms with E-state index in [4.69, 9.17) is 0 Å². The third kappa shape index (κ3) is 4.26. The van der Waals surface area contributed by atoms with Crippen molar-refractivity contribution in [1.82, 2.24) is 20.2 Å². The van der Waals surface area contributed by atoms with Gasteiger partial charge in [0.25, 0.3) is 0 Å². The van der Waals surface area contributed by atoms with Gasteiger partial charge in [0, 0.05) is 44.3 Å². The second kappa shape index (κ2) is 8.20. The highest BCUT2D eigenvalue weighted by Crippen LogP contribution is 2.25. The summed E-state index contributed by atoms with van der Waals surface area (Å²) in [6.07, 6.45) is 11.6. The van der Waals surface area contributed by atoms with E-state index in [0.29, 0.717) is 11.9 Å². The Labute approximate surface area is 155 Å². The highest BCUT2D eigenvalue weighted by molar-refractivity contribution is 5.88. The zero-order valence-electron chi connectivity index (χ0n) is 15.5. The molecule has 2 aliphatic carbocycles. The van der Waals surface area contributed by atoms with E-state index in [1.807, 2.05) is 6.07 Å². The van der Waals surface area contributed by atoms with Crippen LogP contribution in [0.15, 0.2) is 12.4 Å². The fraction of sp³-hybridized carbons (Fsp3) is 0.737. The Balaban J connectivity index is 1.30. The molecule has 3 fully saturated rings. The molecule has 0 spiro atoms. The number of nitrogens with zero attached hydrogens (tertiary/aromatic N) is 4. The topological polar surface area (TPSA) is 73.4 Å². The Morgan fingerprint density at radius 2 is 1.65 bits per heavy atom. The average Bonchev–Trinajstić information content (AvgIpc) is 3.36. The largest absolute Gasteiger partial charge is 0.354 e. The van der Waals surface area contributed by atoms with Gasteiger partial charge in [0.2, 0.25) is 0 Å². The molecule has 3 aliphatic rings. The van der Waals surface area contributed by atoms with E-state index in [0.717, 1.165) is 50.9 Å². The van der Waals surface area contributed by atoms with Crippen LogP contribution in [0.1, 0.15) is 51.4 Å². The number of hydrogen-bond acceptors (Lipinski definition) is 5. The average molecular weight is 358 g/mol. The second-order valence-corrected chi connectivity index (χ2v) is 7.80. The van der Waals surface area contributed by atoms with Crippen LogP contribution in [0.25, 0.3) is 0 Å². The van der Waals surface area contributed by atoms with Crippen LogP contribution in [-0.4, -0.2) is 59.2 Å². The molecule has 1 aliphatic heterocycles. The Morgan fingerprint density at radius 3 is 2.38 bits per heavy atom. The van der Waals surface area contributed by atoms with Crippen LogP contribution in [0.3, 0.4) is 0 Å². The van der Waals surface area contributed by atoms with E-state index in [1.165, 1.54) is 38.5 Å². The molecule has 7 nitrogen and oxygen atoms in total. The lowest BCUT2D eigenvalue weighted by Crippen LogP contribution is -2.50. The summed E-state index contributed by atoms with van der Waals surface area (Å²) in [5.41, 5.74) is 0. The van der Waals surface area contributed by atoms with E-state index in [1.54, 1.807) is 6.33 Å². The van der Waals surface area contributed by atoms with Gasteiger partial charge in [-0.3, -0.25) is 10.2 Å². The number of piperazine rings is 1. The van der Waals surface area contributed by atoms with Crippen LogP contribution >= 0.6 is 0 Å². The number of hydrogen-bond donors (Lipinski definition) is 2. The number of aromatic nitrogens is 2. The fourth-order valence-corrected chi connectivity index (χ4v) is 4.58. The van der Waals surface area contributed by atoms with Crippen LogP contribution in [0.2, 0.25) is 0 Å². The Morgan fingerprint density at radius 1 is 0.962 bits per heavy atom. The molecule has 1 aromatic heterocycles. The van der Waals surface area contributed by atoms with Gasteiger partial charge in [-0.15, -0.1) is 0 Å². The van der Waals surface area contributed by atoms with Crippen molar-refractivity contribution in [2.45, 2.75) is 63.5 Å². The van der Waals surface area contributed by atoms with Gasteiger partial charge in [-0.1, -0.05) is 25.7 Å². The van der Waals surface area contributed by atoms with Crippen LogP contribution in [0, 0.1) is 0 Å². The monoisotopic (exact) mass is 358 g/mol. The zero-order valence-corrected chi connectivity index (χ0v) is 15.5. The van der Waals surface area contributed by atoms with Crippen molar-refractivity contribution in [2.24, 2.45) is 0 Å². The summed E-state index contributed by atoms with van der Waals surface area (Å²) >= 11 is 0. The number of amides is 2. The molecule has 0 unspecified atom stereocenters. The highest BCUT2D eigenvalue weighted by Gasteiger charge is 2.26. The van der Waals surface area contributed by atoms with E-state index < -0.39 is 0 Å². The van der Waals surface area contributed by atoms with Gasteiger partial charge in [-0.2, -0.15) is 0 Å². The Kier molecular flexibility index (Phi) is 5.53. The molecule has 0 radical (unpaired) electrons. The number of carbonyl (C=O) groups is 1. The lowest BCUT2D eigenvalue weighted by atomic mass is 10.2.